The van der Waals surface area contributed by atoms with Crippen molar-refractivity contribution in [2.75, 3.05) is 12.4 Å². The van der Waals surface area contributed by atoms with Gasteiger partial charge in [0.1, 0.15) is 5.75 Å². The van der Waals surface area contributed by atoms with Crippen LogP contribution in [0.5, 0.6) is 5.75 Å². The van der Waals surface area contributed by atoms with Crippen LogP contribution in [0.1, 0.15) is 49.4 Å². The minimum Gasteiger partial charge on any atom is -0.493 e. The van der Waals surface area contributed by atoms with Crippen LogP contribution in [0.15, 0.2) is 18.2 Å². The van der Waals surface area contributed by atoms with Crippen LogP contribution in [0.2, 0.25) is 5.02 Å². The highest BCUT2D eigenvalue weighted by Gasteiger charge is 2.18. The molecule has 0 saturated heterocycles. The molecule has 20 heavy (non-hydrogen) atoms. The average molecular weight is 313 g/mol. The van der Waals surface area contributed by atoms with Gasteiger partial charge in [0.2, 0.25) is 0 Å². The van der Waals surface area contributed by atoms with Crippen molar-refractivity contribution in [3.63, 3.8) is 0 Å². The second-order valence-corrected chi connectivity index (χ2v) is 6.79. The van der Waals surface area contributed by atoms with Gasteiger partial charge in [-0.05, 0) is 38.0 Å². The van der Waals surface area contributed by atoms with Gasteiger partial charge < -0.3 is 4.74 Å². The van der Waals surface area contributed by atoms with E-state index in [2.05, 4.69) is 0 Å². The molecule has 1 aromatic carbocycles. The molecule has 1 saturated carbocycles. The molecule has 4 heteroatoms. The first-order valence-corrected chi connectivity index (χ1v) is 8.70. The molecule has 0 bridgehead atoms. The van der Waals surface area contributed by atoms with E-state index in [1.54, 1.807) is 30.0 Å². The fourth-order valence-corrected chi connectivity index (χ4v) is 3.89. The molecule has 2 nitrogen and oxygen atoms in total. The van der Waals surface area contributed by atoms with Gasteiger partial charge in [-0.1, -0.05) is 30.9 Å². The maximum absolute atomic E-state index is 12.4. The van der Waals surface area contributed by atoms with Crippen LogP contribution >= 0.6 is 23.4 Å². The van der Waals surface area contributed by atoms with E-state index in [0.29, 0.717) is 33.9 Å². The summed E-state index contributed by atoms with van der Waals surface area (Å²) in [6, 6.07) is 5.26. The van der Waals surface area contributed by atoms with Crippen LogP contribution in [-0.2, 0) is 0 Å². The van der Waals surface area contributed by atoms with Crippen molar-refractivity contribution in [3.8, 4) is 5.75 Å². The molecule has 0 N–H and O–H groups in total. The third-order valence-electron chi connectivity index (χ3n) is 3.54. The zero-order valence-corrected chi connectivity index (χ0v) is 13.4. The summed E-state index contributed by atoms with van der Waals surface area (Å²) in [5.41, 5.74) is 0.614. The van der Waals surface area contributed by atoms with Gasteiger partial charge >= 0.3 is 0 Å². The molecule has 0 amide bonds. The van der Waals surface area contributed by atoms with Gasteiger partial charge in [0.15, 0.2) is 5.78 Å². The normalized spacial score (nSPS) is 16.1. The molecule has 0 heterocycles. The Labute approximate surface area is 130 Å². The van der Waals surface area contributed by atoms with Gasteiger partial charge in [-0.3, -0.25) is 4.79 Å². The van der Waals surface area contributed by atoms with Crippen LogP contribution in [0.3, 0.4) is 0 Å². The Morgan fingerprint density at radius 3 is 2.80 bits per heavy atom. The first-order valence-electron chi connectivity index (χ1n) is 7.28. The Morgan fingerprint density at radius 1 is 1.35 bits per heavy atom. The topological polar surface area (TPSA) is 26.3 Å². The number of ketones is 1. The molecule has 1 fully saturated rings. The number of Topliss-reactive ketones (excluding diaryl/α,β-unsaturated/α-hetero) is 1. The highest BCUT2D eigenvalue weighted by Crippen LogP contribution is 2.30. The lowest BCUT2D eigenvalue weighted by atomic mass is 10.0. The van der Waals surface area contributed by atoms with Crippen molar-refractivity contribution >= 4 is 29.1 Å². The van der Waals surface area contributed by atoms with E-state index in [9.17, 15) is 4.79 Å². The van der Waals surface area contributed by atoms with Gasteiger partial charge in [-0.15, -0.1) is 0 Å². The third-order valence-corrected chi connectivity index (χ3v) is 5.15. The summed E-state index contributed by atoms with van der Waals surface area (Å²) in [5.74, 6) is 1.28. The number of hydrogen-bond acceptors (Lipinski definition) is 3. The Kier molecular flexibility index (Phi) is 6.24. The summed E-state index contributed by atoms with van der Waals surface area (Å²) in [6.45, 7) is 2.47. The largest absolute Gasteiger partial charge is 0.493 e. The van der Waals surface area contributed by atoms with E-state index < -0.39 is 0 Å². The maximum Gasteiger partial charge on any atom is 0.176 e. The van der Waals surface area contributed by atoms with Gasteiger partial charge in [0, 0.05) is 10.3 Å². The van der Waals surface area contributed by atoms with Crippen molar-refractivity contribution in [2.24, 2.45) is 0 Å². The number of ether oxygens (including phenoxy) is 1. The Bertz CT molecular complexity index is 456. The molecule has 0 spiro atoms. The lowest BCUT2D eigenvalue weighted by Crippen LogP contribution is -2.13. The van der Waals surface area contributed by atoms with Gasteiger partial charge in [0.25, 0.3) is 0 Å². The second kappa shape index (κ2) is 7.94. The Morgan fingerprint density at radius 2 is 2.10 bits per heavy atom. The van der Waals surface area contributed by atoms with Crippen molar-refractivity contribution in [2.45, 2.75) is 44.3 Å². The predicted octanol–water partition coefficient (Wildman–Crippen LogP) is 4.99. The van der Waals surface area contributed by atoms with E-state index in [0.717, 1.165) is 0 Å². The molecule has 1 aromatic rings. The SMILES string of the molecule is CCOc1ccc(Cl)cc1C(=O)CSC1CCCCC1. The Balaban J connectivity index is 1.98. The average Bonchev–Trinajstić information content (AvgIpc) is 2.48. The molecule has 0 radical (unpaired) electrons. The molecule has 0 unspecified atom stereocenters. The van der Waals surface area contributed by atoms with Crippen LogP contribution in [-0.4, -0.2) is 23.4 Å². The van der Waals surface area contributed by atoms with Crippen LogP contribution in [0, 0.1) is 0 Å². The van der Waals surface area contributed by atoms with E-state index in [4.69, 9.17) is 16.3 Å². The molecular weight excluding hydrogens is 292 g/mol. The van der Waals surface area contributed by atoms with E-state index in [1.165, 1.54) is 32.1 Å². The number of rotatable bonds is 6. The number of halogens is 1. The lowest BCUT2D eigenvalue weighted by molar-refractivity contribution is 0.101. The molecule has 0 aliphatic heterocycles. The summed E-state index contributed by atoms with van der Waals surface area (Å²) in [4.78, 5) is 12.4. The monoisotopic (exact) mass is 312 g/mol. The summed E-state index contributed by atoms with van der Waals surface area (Å²) in [7, 11) is 0. The zero-order chi connectivity index (χ0) is 14.4. The van der Waals surface area contributed by atoms with Crippen molar-refractivity contribution in [3.05, 3.63) is 28.8 Å². The molecule has 110 valence electrons. The van der Waals surface area contributed by atoms with Crippen molar-refractivity contribution in [1.82, 2.24) is 0 Å². The smallest absolute Gasteiger partial charge is 0.176 e. The predicted molar refractivity (Wildman–Crippen MR) is 86.3 cm³/mol. The molecule has 0 atom stereocenters. The quantitative estimate of drug-likeness (QED) is 0.692. The van der Waals surface area contributed by atoms with Gasteiger partial charge in [0.05, 0.1) is 17.9 Å². The molecular formula is C16H21ClO2S. The maximum atomic E-state index is 12.4. The molecule has 1 aliphatic carbocycles. The summed E-state index contributed by atoms with van der Waals surface area (Å²) >= 11 is 7.78. The standard InChI is InChI=1S/C16H21ClO2S/c1-2-19-16-9-8-12(17)10-14(16)15(18)11-20-13-6-4-3-5-7-13/h8-10,13H,2-7,11H2,1H3. The summed E-state index contributed by atoms with van der Waals surface area (Å²) in [5, 5.41) is 1.22. The molecule has 1 aliphatic rings. The molecule has 0 aromatic heterocycles. The van der Waals surface area contributed by atoms with E-state index in [-0.39, 0.29) is 5.78 Å². The van der Waals surface area contributed by atoms with Gasteiger partial charge in [-0.2, -0.15) is 11.8 Å². The minimum absolute atomic E-state index is 0.117. The minimum atomic E-state index is 0.117. The highest BCUT2D eigenvalue weighted by atomic mass is 35.5. The fraction of sp³-hybridized carbons (Fsp3) is 0.562. The van der Waals surface area contributed by atoms with E-state index >= 15 is 0 Å². The fourth-order valence-electron chi connectivity index (χ4n) is 2.50. The second-order valence-electron chi connectivity index (χ2n) is 5.07. The summed E-state index contributed by atoms with van der Waals surface area (Å²) < 4.78 is 5.52. The molecule has 2 rings (SSSR count). The lowest BCUT2D eigenvalue weighted by Gasteiger charge is -2.20. The number of carbonyl (C=O) groups excluding carboxylic acids is 1. The number of benzene rings is 1. The van der Waals surface area contributed by atoms with Gasteiger partial charge in [-0.25, -0.2) is 0 Å². The summed E-state index contributed by atoms with van der Waals surface area (Å²) in [6.07, 6.45) is 6.42. The highest BCUT2D eigenvalue weighted by molar-refractivity contribution is 8.00. The van der Waals surface area contributed by atoms with Crippen LogP contribution in [0.25, 0.3) is 0 Å². The van der Waals surface area contributed by atoms with Crippen LogP contribution in [0.4, 0.5) is 0 Å². The van der Waals surface area contributed by atoms with Crippen molar-refractivity contribution < 1.29 is 9.53 Å². The Hall–Kier alpha value is -0.670. The number of carbonyl (C=O) groups is 1. The zero-order valence-electron chi connectivity index (χ0n) is 11.9. The van der Waals surface area contributed by atoms with E-state index in [1.807, 2.05) is 6.92 Å². The first kappa shape index (κ1) is 15.7. The van der Waals surface area contributed by atoms with Crippen LogP contribution < -0.4 is 4.74 Å². The first-order chi connectivity index (χ1) is 9.70. The van der Waals surface area contributed by atoms with Crippen molar-refractivity contribution in [1.29, 1.82) is 0 Å². The number of hydrogen-bond donors (Lipinski definition) is 0. The number of thioether (sulfide) groups is 1. The third kappa shape index (κ3) is 4.42.